The van der Waals surface area contributed by atoms with Gasteiger partial charge in [-0.15, -0.1) is 0 Å². The molecule has 1 aromatic carbocycles. The molecule has 1 nitrogen and oxygen atoms in total. The number of benzene rings is 1. The van der Waals surface area contributed by atoms with Gasteiger partial charge in [-0.25, -0.2) is 0 Å². The zero-order valence-corrected chi connectivity index (χ0v) is 18.6. The molecule has 0 aliphatic carbocycles. The maximum Gasteiger partial charge on any atom is 0.119 e. The van der Waals surface area contributed by atoms with E-state index in [1.165, 1.54) is 64.2 Å². The molecule has 0 aliphatic rings. The molecule has 0 saturated heterocycles. The van der Waals surface area contributed by atoms with Gasteiger partial charge in [-0.1, -0.05) is 82.9 Å². The summed E-state index contributed by atoms with van der Waals surface area (Å²) in [6.45, 7) is 3.14. The van der Waals surface area contributed by atoms with Gasteiger partial charge >= 0.3 is 0 Å². The first-order valence-electron chi connectivity index (χ1n) is 8.11. The van der Waals surface area contributed by atoms with Crippen molar-refractivity contribution in [1.29, 1.82) is 0 Å². The minimum absolute atomic E-state index is 0. The summed E-state index contributed by atoms with van der Waals surface area (Å²) in [5.41, 5.74) is 0. The molecule has 0 fully saturated rings. The molecule has 110 valence electrons. The number of rotatable bonds is 12. The second-order valence-corrected chi connectivity index (χ2v) is 5.34. The fourth-order valence-corrected chi connectivity index (χ4v) is 2.30. The molecule has 0 spiro atoms. The van der Waals surface area contributed by atoms with E-state index in [1.54, 1.807) is 0 Å². The number of unbranched alkanes of at least 4 members (excludes halogenated alkanes) is 9. The fraction of sp³-hybridized carbons (Fsp3) is 0.667. The van der Waals surface area contributed by atoms with Crippen LogP contribution >= 0.6 is 0 Å². The molecule has 0 unspecified atom stereocenters. The van der Waals surface area contributed by atoms with Gasteiger partial charge in [0.25, 0.3) is 0 Å². The summed E-state index contributed by atoms with van der Waals surface area (Å²) < 4.78 is 5.68. The fourth-order valence-electron chi connectivity index (χ4n) is 2.30. The third kappa shape index (κ3) is 15.7. The first kappa shape index (κ1) is 24.3. The Labute approximate surface area is 176 Å². The number of para-hydroxylation sites is 1. The third-order valence-electron chi connectivity index (χ3n) is 3.51. The molecule has 2 radical (unpaired) electrons. The van der Waals surface area contributed by atoms with Crippen LogP contribution in [-0.4, -0.2) is 65.7 Å². The normalized spacial score (nSPS) is 9.57. The summed E-state index contributed by atoms with van der Waals surface area (Å²) in [7, 11) is 0. The Hall–Kier alpha value is 1.02. The van der Waals surface area contributed by atoms with Crippen molar-refractivity contribution < 1.29 is 4.74 Å². The van der Waals surface area contributed by atoms with Gasteiger partial charge in [0, 0.05) is 59.1 Å². The summed E-state index contributed by atoms with van der Waals surface area (Å²) in [4.78, 5) is 0. The molecule has 1 aromatic rings. The quantitative estimate of drug-likeness (QED) is 0.380. The maximum absolute atomic E-state index is 5.68. The molecule has 0 aliphatic heterocycles. The van der Waals surface area contributed by atoms with Crippen LogP contribution in [0.5, 0.6) is 5.75 Å². The zero-order valence-electron chi connectivity index (χ0n) is 14.6. The second kappa shape index (κ2) is 19.1. The van der Waals surface area contributed by atoms with E-state index in [1.807, 2.05) is 30.3 Å². The predicted molar refractivity (Wildman–Crippen MR) is 95.3 cm³/mol. The Balaban J connectivity index is 0. The van der Waals surface area contributed by atoms with Gasteiger partial charge in [0.15, 0.2) is 0 Å². The molecule has 0 bridgehead atoms. The van der Waals surface area contributed by atoms with Gasteiger partial charge < -0.3 is 4.74 Å². The number of hydrogen-bond acceptors (Lipinski definition) is 1. The van der Waals surface area contributed by atoms with Crippen molar-refractivity contribution in [3.63, 3.8) is 0 Å². The Morgan fingerprint density at radius 2 is 1.14 bits per heavy atom. The Morgan fingerprint density at radius 1 is 0.667 bits per heavy atom. The summed E-state index contributed by atoms with van der Waals surface area (Å²) in [5.74, 6) is 0.999. The summed E-state index contributed by atoms with van der Waals surface area (Å²) in [6, 6.07) is 10.1. The summed E-state index contributed by atoms with van der Waals surface area (Å²) in [5, 5.41) is 0. The van der Waals surface area contributed by atoms with E-state index in [2.05, 4.69) is 6.92 Å². The van der Waals surface area contributed by atoms with Crippen LogP contribution in [0.4, 0.5) is 0 Å². The first-order valence-corrected chi connectivity index (χ1v) is 8.11. The van der Waals surface area contributed by atoms with E-state index < -0.39 is 0 Å². The Morgan fingerprint density at radius 3 is 1.67 bits per heavy atom. The van der Waals surface area contributed by atoms with Gasteiger partial charge in [0.05, 0.1) is 6.61 Å². The average Bonchev–Trinajstić information content (AvgIpc) is 2.46. The Kier molecular flexibility index (Phi) is 22.0. The zero-order chi connectivity index (χ0) is 13.6. The third-order valence-corrected chi connectivity index (χ3v) is 3.51. The van der Waals surface area contributed by atoms with Crippen LogP contribution in [0, 0.1) is 0 Å². The summed E-state index contributed by atoms with van der Waals surface area (Å²) >= 11 is 0. The molecular weight excluding hydrogens is 278 g/mol. The van der Waals surface area contributed by atoms with Gasteiger partial charge in [-0.3, -0.25) is 0 Å². The molecule has 0 amide bonds. The minimum Gasteiger partial charge on any atom is -0.494 e. The number of hydrogen-bond donors (Lipinski definition) is 0. The maximum atomic E-state index is 5.68. The predicted octanol–water partition coefficient (Wildman–Crippen LogP) is 5.22. The topological polar surface area (TPSA) is 9.23 Å². The van der Waals surface area contributed by atoms with Gasteiger partial charge in [0.2, 0.25) is 0 Å². The molecule has 0 atom stereocenters. The van der Waals surface area contributed by atoms with E-state index in [-0.39, 0.29) is 59.1 Å². The van der Waals surface area contributed by atoms with E-state index in [0.29, 0.717) is 0 Å². The number of ether oxygens (including phenoxy) is 1. The largest absolute Gasteiger partial charge is 0.494 e. The molecule has 0 N–H and O–H groups in total. The SMILES string of the molecule is CCCCCCCCCCCCOc1ccccc1.[Na].[Na]. The van der Waals surface area contributed by atoms with E-state index in [0.717, 1.165) is 12.4 Å². The van der Waals surface area contributed by atoms with Gasteiger partial charge in [-0.05, 0) is 18.6 Å². The van der Waals surface area contributed by atoms with Crippen LogP contribution < -0.4 is 4.74 Å². The van der Waals surface area contributed by atoms with Crippen LogP contribution in [0.2, 0.25) is 0 Å². The standard InChI is InChI=1S/C18H30O.2Na/c1-2-3-4-5-6-7-8-9-10-14-17-19-18-15-12-11-13-16-18;;/h11-13,15-16H,2-10,14,17H2,1H3;;. The van der Waals surface area contributed by atoms with Crippen molar-refractivity contribution in [1.82, 2.24) is 0 Å². The second-order valence-electron chi connectivity index (χ2n) is 5.34. The monoisotopic (exact) mass is 308 g/mol. The van der Waals surface area contributed by atoms with Gasteiger partial charge in [-0.2, -0.15) is 0 Å². The first-order chi connectivity index (χ1) is 9.43. The van der Waals surface area contributed by atoms with Crippen molar-refractivity contribution in [3.05, 3.63) is 30.3 Å². The van der Waals surface area contributed by atoms with E-state index in [9.17, 15) is 0 Å². The van der Waals surface area contributed by atoms with Crippen LogP contribution in [0.3, 0.4) is 0 Å². The van der Waals surface area contributed by atoms with Crippen LogP contribution in [0.25, 0.3) is 0 Å². The molecular formula is C18H30Na2O. The summed E-state index contributed by atoms with van der Waals surface area (Å²) in [6.07, 6.45) is 13.7. The minimum atomic E-state index is 0. The van der Waals surface area contributed by atoms with Crippen LogP contribution in [0.15, 0.2) is 30.3 Å². The van der Waals surface area contributed by atoms with E-state index in [4.69, 9.17) is 4.74 Å². The van der Waals surface area contributed by atoms with Crippen LogP contribution in [-0.2, 0) is 0 Å². The molecule has 0 heterocycles. The Bertz CT molecular complexity index is 291. The van der Waals surface area contributed by atoms with Gasteiger partial charge in [0.1, 0.15) is 5.75 Å². The smallest absolute Gasteiger partial charge is 0.119 e. The van der Waals surface area contributed by atoms with Crippen molar-refractivity contribution in [3.8, 4) is 5.75 Å². The molecule has 0 aromatic heterocycles. The van der Waals surface area contributed by atoms with Crippen molar-refractivity contribution in [2.75, 3.05) is 6.61 Å². The van der Waals surface area contributed by atoms with Crippen molar-refractivity contribution >= 4 is 59.1 Å². The molecule has 0 saturated carbocycles. The van der Waals surface area contributed by atoms with Crippen molar-refractivity contribution in [2.24, 2.45) is 0 Å². The van der Waals surface area contributed by atoms with E-state index >= 15 is 0 Å². The van der Waals surface area contributed by atoms with Crippen LogP contribution in [0.1, 0.15) is 71.1 Å². The molecule has 3 heteroatoms. The van der Waals surface area contributed by atoms with Crippen molar-refractivity contribution in [2.45, 2.75) is 71.1 Å². The molecule has 1 rings (SSSR count). The average molecular weight is 308 g/mol. The molecule has 21 heavy (non-hydrogen) atoms.